The Morgan fingerprint density at radius 3 is 2.82 bits per heavy atom. The molecule has 4 nitrogen and oxygen atoms in total. The SMILES string of the molecule is CCCNC(C)Cc1cc(OCCC)ncn1. The van der Waals surface area contributed by atoms with Crippen molar-refractivity contribution in [3.63, 3.8) is 0 Å². The van der Waals surface area contributed by atoms with Gasteiger partial charge in [0.05, 0.1) is 6.61 Å². The van der Waals surface area contributed by atoms with Gasteiger partial charge in [0.25, 0.3) is 0 Å². The van der Waals surface area contributed by atoms with Crippen molar-refractivity contribution in [1.29, 1.82) is 0 Å². The van der Waals surface area contributed by atoms with Crippen LogP contribution in [0.4, 0.5) is 0 Å². The lowest BCUT2D eigenvalue weighted by molar-refractivity contribution is 0.304. The topological polar surface area (TPSA) is 47.0 Å². The predicted molar refractivity (Wildman–Crippen MR) is 69.3 cm³/mol. The molecule has 0 aliphatic rings. The molecule has 1 heterocycles. The maximum atomic E-state index is 5.49. The minimum absolute atomic E-state index is 0.434. The van der Waals surface area contributed by atoms with E-state index < -0.39 is 0 Å². The van der Waals surface area contributed by atoms with E-state index in [1.54, 1.807) is 6.33 Å². The van der Waals surface area contributed by atoms with Gasteiger partial charge < -0.3 is 10.1 Å². The summed E-state index contributed by atoms with van der Waals surface area (Å²) >= 11 is 0. The average molecular weight is 237 g/mol. The minimum Gasteiger partial charge on any atom is -0.478 e. The molecule has 0 bridgehead atoms. The molecule has 1 N–H and O–H groups in total. The number of aromatic nitrogens is 2. The van der Waals surface area contributed by atoms with Gasteiger partial charge in [-0.05, 0) is 26.3 Å². The first-order valence-electron chi connectivity index (χ1n) is 6.43. The monoisotopic (exact) mass is 237 g/mol. The van der Waals surface area contributed by atoms with Crippen LogP contribution in [0, 0.1) is 0 Å². The second-order valence-corrected chi connectivity index (χ2v) is 4.26. The Bertz CT molecular complexity index is 317. The summed E-state index contributed by atoms with van der Waals surface area (Å²) in [6, 6.07) is 2.36. The van der Waals surface area contributed by atoms with E-state index in [2.05, 4.69) is 36.1 Å². The van der Waals surface area contributed by atoms with E-state index in [4.69, 9.17) is 4.74 Å². The van der Waals surface area contributed by atoms with Gasteiger partial charge in [-0.25, -0.2) is 9.97 Å². The van der Waals surface area contributed by atoms with Crippen LogP contribution in [0.15, 0.2) is 12.4 Å². The number of hydrogen-bond donors (Lipinski definition) is 1. The lowest BCUT2D eigenvalue weighted by Crippen LogP contribution is -2.28. The Morgan fingerprint density at radius 1 is 1.29 bits per heavy atom. The molecule has 0 amide bonds. The van der Waals surface area contributed by atoms with Crippen molar-refractivity contribution in [3.05, 3.63) is 18.1 Å². The van der Waals surface area contributed by atoms with Gasteiger partial charge >= 0.3 is 0 Å². The third-order valence-electron chi connectivity index (χ3n) is 2.41. The van der Waals surface area contributed by atoms with E-state index in [-0.39, 0.29) is 0 Å². The molecular formula is C13H23N3O. The molecule has 0 fully saturated rings. The fourth-order valence-electron chi connectivity index (χ4n) is 1.55. The van der Waals surface area contributed by atoms with E-state index in [0.29, 0.717) is 18.5 Å². The molecule has 1 unspecified atom stereocenters. The van der Waals surface area contributed by atoms with Gasteiger partial charge in [0.2, 0.25) is 5.88 Å². The molecule has 1 atom stereocenters. The summed E-state index contributed by atoms with van der Waals surface area (Å²) in [7, 11) is 0. The molecule has 96 valence electrons. The van der Waals surface area contributed by atoms with Crippen LogP contribution < -0.4 is 10.1 Å². The summed E-state index contributed by atoms with van der Waals surface area (Å²) in [5.74, 6) is 0.680. The van der Waals surface area contributed by atoms with Crippen molar-refractivity contribution in [2.24, 2.45) is 0 Å². The van der Waals surface area contributed by atoms with Crippen molar-refractivity contribution >= 4 is 0 Å². The standard InChI is InChI=1S/C13H23N3O/c1-4-6-14-11(3)8-12-9-13(16-10-15-12)17-7-5-2/h9-11,14H,4-8H2,1-3H3. The maximum absolute atomic E-state index is 5.49. The highest BCUT2D eigenvalue weighted by molar-refractivity contribution is 5.14. The zero-order chi connectivity index (χ0) is 12.5. The van der Waals surface area contributed by atoms with Gasteiger partial charge in [-0.3, -0.25) is 0 Å². The van der Waals surface area contributed by atoms with Crippen LogP contribution in [0.1, 0.15) is 39.3 Å². The van der Waals surface area contributed by atoms with Crippen LogP contribution in [0.2, 0.25) is 0 Å². The normalized spacial score (nSPS) is 12.4. The number of hydrogen-bond acceptors (Lipinski definition) is 4. The van der Waals surface area contributed by atoms with Crippen molar-refractivity contribution in [1.82, 2.24) is 15.3 Å². The summed E-state index contributed by atoms with van der Waals surface area (Å²) in [4.78, 5) is 8.36. The molecule has 1 aromatic rings. The van der Waals surface area contributed by atoms with Crippen LogP contribution in [0.25, 0.3) is 0 Å². The van der Waals surface area contributed by atoms with E-state index in [0.717, 1.165) is 31.5 Å². The molecule has 0 aromatic carbocycles. The number of rotatable bonds is 8. The largest absolute Gasteiger partial charge is 0.478 e. The first-order chi connectivity index (χ1) is 8.26. The number of nitrogens with zero attached hydrogens (tertiary/aromatic N) is 2. The van der Waals surface area contributed by atoms with Gasteiger partial charge in [0.1, 0.15) is 6.33 Å². The Balaban J connectivity index is 2.47. The second-order valence-electron chi connectivity index (χ2n) is 4.26. The number of ether oxygens (including phenoxy) is 1. The average Bonchev–Trinajstić information content (AvgIpc) is 2.34. The lowest BCUT2D eigenvalue weighted by Gasteiger charge is -2.12. The summed E-state index contributed by atoms with van der Waals surface area (Å²) < 4.78 is 5.49. The minimum atomic E-state index is 0.434. The lowest BCUT2D eigenvalue weighted by atomic mass is 10.2. The number of nitrogens with one attached hydrogen (secondary N) is 1. The van der Waals surface area contributed by atoms with Gasteiger partial charge in [0, 0.05) is 24.2 Å². The molecule has 1 aromatic heterocycles. The van der Waals surface area contributed by atoms with Gasteiger partial charge in [0.15, 0.2) is 0 Å². The summed E-state index contributed by atoms with van der Waals surface area (Å²) in [5.41, 5.74) is 1.03. The van der Waals surface area contributed by atoms with Crippen LogP contribution >= 0.6 is 0 Å². The van der Waals surface area contributed by atoms with Crippen molar-refractivity contribution in [3.8, 4) is 5.88 Å². The van der Waals surface area contributed by atoms with Crippen LogP contribution in [-0.2, 0) is 6.42 Å². The molecule has 0 saturated carbocycles. The molecule has 0 radical (unpaired) electrons. The molecule has 1 rings (SSSR count). The zero-order valence-electron chi connectivity index (χ0n) is 11.1. The van der Waals surface area contributed by atoms with Crippen molar-refractivity contribution in [2.75, 3.05) is 13.2 Å². The summed E-state index contributed by atoms with van der Waals surface area (Å²) in [6.45, 7) is 8.18. The molecule has 0 spiro atoms. The van der Waals surface area contributed by atoms with Gasteiger partial charge in [-0.1, -0.05) is 13.8 Å². The third-order valence-corrected chi connectivity index (χ3v) is 2.41. The van der Waals surface area contributed by atoms with Crippen molar-refractivity contribution in [2.45, 2.75) is 46.1 Å². The predicted octanol–water partition coefficient (Wildman–Crippen LogP) is 2.20. The Labute approximate surface area is 104 Å². The molecule has 0 aliphatic heterocycles. The molecule has 0 saturated heterocycles. The Kier molecular flexibility index (Phi) is 6.55. The molecule has 0 aliphatic carbocycles. The van der Waals surface area contributed by atoms with Crippen LogP contribution in [0.5, 0.6) is 5.88 Å². The Morgan fingerprint density at radius 2 is 2.12 bits per heavy atom. The Hall–Kier alpha value is -1.16. The van der Waals surface area contributed by atoms with E-state index in [9.17, 15) is 0 Å². The molecule has 17 heavy (non-hydrogen) atoms. The fraction of sp³-hybridized carbons (Fsp3) is 0.692. The van der Waals surface area contributed by atoms with Crippen molar-refractivity contribution < 1.29 is 4.74 Å². The third kappa shape index (κ3) is 5.63. The second kappa shape index (κ2) is 8.01. The van der Waals surface area contributed by atoms with E-state index >= 15 is 0 Å². The highest BCUT2D eigenvalue weighted by Gasteiger charge is 2.05. The smallest absolute Gasteiger partial charge is 0.216 e. The zero-order valence-corrected chi connectivity index (χ0v) is 11.1. The summed E-state index contributed by atoms with van der Waals surface area (Å²) in [5, 5.41) is 3.44. The fourth-order valence-corrected chi connectivity index (χ4v) is 1.55. The van der Waals surface area contributed by atoms with Crippen LogP contribution in [-0.4, -0.2) is 29.2 Å². The first-order valence-corrected chi connectivity index (χ1v) is 6.43. The van der Waals surface area contributed by atoms with E-state index in [1.807, 2.05) is 6.07 Å². The van der Waals surface area contributed by atoms with Gasteiger partial charge in [-0.15, -0.1) is 0 Å². The van der Waals surface area contributed by atoms with Gasteiger partial charge in [-0.2, -0.15) is 0 Å². The highest BCUT2D eigenvalue weighted by atomic mass is 16.5. The summed E-state index contributed by atoms with van der Waals surface area (Å²) in [6.07, 6.45) is 4.63. The van der Waals surface area contributed by atoms with E-state index in [1.165, 1.54) is 0 Å². The highest BCUT2D eigenvalue weighted by Crippen LogP contribution is 2.09. The van der Waals surface area contributed by atoms with Crippen LogP contribution in [0.3, 0.4) is 0 Å². The maximum Gasteiger partial charge on any atom is 0.216 e. The molecular weight excluding hydrogens is 214 g/mol. The molecule has 4 heteroatoms. The quantitative estimate of drug-likeness (QED) is 0.753. The first kappa shape index (κ1) is 13.9.